The van der Waals surface area contributed by atoms with Crippen LogP contribution in [0.25, 0.3) is 0 Å². The Kier molecular flexibility index (Phi) is 5.08. The maximum absolute atomic E-state index is 11.9. The molecule has 0 N–H and O–H groups in total. The summed E-state index contributed by atoms with van der Waals surface area (Å²) in [4.78, 5) is 16.3. The van der Waals surface area contributed by atoms with Gasteiger partial charge in [0.2, 0.25) is 5.91 Å². The predicted octanol–water partition coefficient (Wildman–Crippen LogP) is 2.14. The van der Waals surface area contributed by atoms with Gasteiger partial charge in [-0.3, -0.25) is 14.4 Å². The molecule has 0 bridgehead atoms. The van der Waals surface area contributed by atoms with E-state index < -0.39 is 0 Å². The number of hydrogen-bond acceptors (Lipinski definition) is 4. The number of ether oxygens (including phenoxy) is 1. The predicted molar refractivity (Wildman–Crippen MR) is 96.3 cm³/mol. The summed E-state index contributed by atoms with van der Waals surface area (Å²) in [5.74, 6) is 0.989. The van der Waals surface area contributed by atoms with E-state index in [2.05, 4.69) is 23.0 Å². The zero-order chi connectivity index (χ0) is 18.0. The summed E-state index contributed by atoms with van der Waals surface area (Å²) < 4.78 is 7.48. The highest BCUT2D eigenvalue weighted by molar-refractivity contribution is 5.73. The lowest BCUT2D eigenvalue weighted by Gasteiger charge is -2.41. The number of amides is 1. The lowest BCUT2D eigenvalue weighted by molar-refractivity contribution is -0.132. The van der Waals surface area contributed by atoms with Crippen molar-refractivity contribution in [2.24, 2.45) is 7.05 Å². The molecular weight excluding hydrogens is 316 g/mol. The van der Waals surface area contributed by atoms with Crippen LogP contribution in [0, 0.1) is 6.92 Å². The van der Waals surface area contributed by atoms with Gasteiger partial charge in [0, 0.05) is 57.0 Å². The molecule has 25 heavy (non-hydrogen) atoms. The molecule has 2 heterocycles. The van der Waals surface area contributed by atoms with Gasteiger partial charge in [-0.05, 0) is 13.0 Å². The van der Waals surface area contributed by atoms with Crippen molar-refractivity contribution in [2.45, 2.75) is 26.4 Å². The van der Waals surface area contributed by atoms with Crippen LogP contribution in [-0.2, 0) is 18.4 Å². The molecule has 1 aliphatic rings. The molecule has 2 aromatic rings. The molecular formula is C19H26N4O2. The van der Waals surface area contributed by atoms with Gasteiger partial charge in [-0.15, -0.1) is 0 Å². The lowest BCUT2D eigenvalue weighted by Crippen LogP contribution is -2.49. The van der Waals surface area contributed by atoms with E-state index in [1.807, 2.05) is 41.0 Å². The number of aryl methyl sites for hydroxylation is 1. The standard InChI is InChI=1S/C19H26N4O2/c1-14-16(11-20-21(14)3)12-23-10-9-22(15(2)24)13-18(23)17-7-5-6-8-19(17)25-4/h5-8,11,18H,9-10,12-13H2,1-4H3. The summed E-state index contributed by atoms with van der Waals surface area (Å²) in [7, 11) is 3.66. The largest absolute Gasteiger partial charge is 0.496 e. The van der Waals surface area contributed by atoms with Crippen molar-refractivity contribution in [2.75, 3.05) is 26.7 Å². The quantitative estimate of drug-likeness (QED) is 0.854. The van der Waals surface area contributed by atoms with Crippen LogP contribution < -0.4 is 4.74 Å². The Morgan fingerprint density at radius 2 is 2.08 bits per heavy atom. The molecule has 0 spiro atoms. The van der Waals surface area contributed by atoms with Gasteiger partial charge in [-0.25, -0.2) is 0 Å². The zero-order valence-electron chi connectivity index (χ0n) is 15.4. The molecule has 3 rings (SSSR count). The number of para-hydroxylation sites is 1. The molecule has 6 heteroatoms. The Labute approximate surface area is 149 Å². The minimum Gasteiger partial charge on any atom is -0.496 e. The highest BCUT2D eigenvalue weighted by Gasteiger charge is 2.31. The Hall–Kier alpha value is -2.34. The molecule has 1 fully saturated rings. The maximum atomic E-state index is 11.9. The van der Waals surface area contributed by atoms with E-state index in [1.165, 1.54) is 11.3 Å². The number of aromatic nitrogens is 2. The molecule has 6 nitrogen and oxygen atoms in total. The molecule has 0 radical (unpaired) electrons. The van der Waals surface area contributed by atoms with Crippen LogP contribution in [0.4, 0.5) is 0 Å². The van der Waals surface area contributed by atoms with Crippen LogP contribution in [0.3, 0.4) is 0 Å². The first-order chi connectivity index (χ1) is 12.0. The van der Waals surface area contributed by atoms with Gasteiger partial charge in [-0.2, -0.15) is 5.10 Å². The van der Waals surface area contributed by atoms with E-state index in [9.17, 15) is 4.79 Å². The number of nitrogens with zero attached hydrogens (tertiary/aromatic N) is 4. The molecule has 134 valence electrons. The van der Waals surface area contributed by atoms with Gasteiger partial charge in [0.15, 0.2) is 0 Å². The second-order valence-corrected chi connectivity index (χ2v) is 6.57. The van der Waals surface area contributed by atoms with Crippen molar-refractivity contribution in [1.29, 1.82) is 0 Å². The van der Waals surface area contributed by atoms with Crippen LogP contribution in [0.15, 0.2) is 30.5 Å². The molecule has 1 aromatic heterocycles. The van der Waals surface area contributed by atoms with Gasteiger partial charge in [0.1, 0.15) is 5.75 Å². The third-order valence-electron chi connectivity index (χ3n) is 5.14. The molecule has 1 amide bonds. The molecule has 1 saturated heterocycles. The second-order valence-electron chi connectivity index (χ2n) is 6.57. The maximum Gasteiger partial charge on any atom is 0.219 e. The lowest BCUT2D eigenvalue weighted by atomic mass is 10.00. The van der Waals surface area contributed by atoms with Crippen molar-refractivity contribution < 1.29 is 9.53 Å². The van der Waals surface area contributed by atoms with E-state index in [-0.39, 0.29) is 11.9 Å². The topological polar surface area (TPSA) is 50.6 Å². The van der Waals surface area contributed by atoms with Crippen molar-refractivity contribution in [3.05, 3.63) is 47.3 Å². The number of rotatable bonds is 4. The third kappa shape index (κ3) is 3.54. The first kappa shape index (κ1) is 17.5. The van der Waals surface area contributed by atoms with Crippen LogP contribution in [0.5, 0.6) is 5.75 Å². The first-order valence-corrected chi connectivity index (χ1v) is 8.61. The van der Waals surface area contributed by atoms with Crippen molar-refractivity contribution >= 4 is 5.91 Å². The fraction of sp³-hybridized carbons (Fsp3) is 0.474. The van der Waals surface area contributed by atoms with Crippen molar-refractivity contribution in [1.82, 2.24) is 19.6 Å². The first-order valence-electron chi connectivity index (χ1n) is 8.61. The molecule has 1 unspecified atom stereocenters. The molecule has 1 aliphatic heterocycles. The Balaban J connectivity index is 1.92. The summed E-state index contributed by atoms with van der Waals surface area (Å²) in [6.07, 6.45) is 1.94. The average Bonchev–Trinajstić information content (AvgIpc) is 2.94. The monoisotopic (exact) mass is 342 g/mol. The Morgan fingerprint density at radius 1 is 1.32 bits per heavy atom. The van der Waals surface area contributed by atoms with Crippen LogP contribution in [0.1, 0.15) is 29.8 Å². The van der Waals surface area contributed by atoms with Crippen LogP contribution in [-0.4, -0.2) is 52.2 Å². The van der Waals surface area contributed by atoms with Crippen molar-refractivity contribution in [3.63, 3.8) is 0 Å². The molecule has 0 aliphatic carbocycles. The van der Waals surface area contributed by atoms with Crippen LogP contribution >= 0.6 is 0 Å². The fourth-order valence-corrected chi connectivity index (χ4v) is 3.45. The smallest absolute Gasteiger partial charge is 0.219 e. The van der Waals surface area contributed by atoms with Gasteiger partial charge in [0.25, 0.3) is 0 Å². The van der Waals surface area contributed by atoms with Gasteiger partial charge in [0.05, 0.1) is 19.3 Å². The number of carbonyl (C=O) groups excluding carboxylic acids is 1. The summed E-state index contributed by atoms with van der Waals surface area (Å²) in [5.41, 5.74) is 3.52. The Bertz CT molecular complexity index is 756. The minimum absolute atomic E-state index is 0.105. The number of hydrogen-bond donors (Lipinski definition) is 0. The number of piperazine rings is 1. The van der Waals surface area contributed by atoms with E-state index >= 15 is 0 Å². The SMILES string of the molecule is COc1ccccc1C1CN(C(C)=O)CCN1Cc1cnn(C)c1C. The normalized spacial score (nSPS) is 18.4. The van der Waals surface area contributed by atoms with Gasteiger partial charge >= 0.3 is 0 Å². The Morgan fingerprint density at radius 3 is 2.72 bits per heavy atom. The molecule has 0 saturated carbocycles. The van der Waals surface area contributed by atoms with Crippen molar-refractivity contribution in [3.8, 4) is 5.75 Å². The molecule has 1 atom stereocenters. The third-order valence-corrected chi connectivity index (χ3v) is 5.14. The number of benzene rings is 1. The summed E-state index contributed by atoms with van der Waals surface area (Å²) in [6.45, 7) is 6.80. The van der Waals surface area contributed by atoms with E-state index in [0.29, 0.717) is 6.54 Å². The zero-order valence-corrected chi connectivity index (χ0v) is 15.4. The summed E-state index contributed by atoms with van der Waals surface area (Å²) >= 11 is 0. The van der Waals surface area contributed by atoms with Gasteiger partial charge < -0.3 is 9.64 Å². The highest BCUT2D eigenvalue weighted by Crippen LogP contribution is 2.33. The van der Waals surface area contributed by atoms with Crippen LogP contribution in [0.2, 0.25) is 0 Å². The average molecular weight is 342 g/mol. The summed E-state index contributed by atoms with van der Waals surface area (Å²) in [5, 5.41) is 4.36. The minimum atomic E-state index is 0.105. The number of methoxy groups -OCH3 is 1. The molecule has 1 aromatic carbocycles. The van der Waals surface area contributed by atoms with E-state index in [1.54, 1.807) is 14.0 Å². The second kappa shape index (κ2) is 7.27. The highest BCUT2D eigenvalue weighted by atomic mass is 16.5. The van der Waals surface area contributed by atoms with Gasteiger partial charge in [-0.1, -0.05) is 18.2 Å². The van der Waals surface area contributed by atoms with E-state index in [4.69, 9.17) is 4.74 Å². The fourth-order valence-electron chi connectivity index (χ4n) is 3.45. The number of carbonyl (C=O) groups is 1. The van der Waals surface area contributed by atoms with E-state index in [0.717, 1.165) is 30.9 Å². The summed E-state index contributed by atoms with van der Waals surface area (Å²) in [6, 6.07) is 8.18.